The number of nitrogen functional groups attached to an aromatic ring is 1. The highest BCUT2D eigenvalue weighted by molar-refractivity contribution is 9.11. The number of halogens is 2. The lowest BCUT2D eigenvalue weighted by molar-refractivity contribution is 0.995. The van der Waals surface area contributed by atoms with Gasteiger partial charge in [0.2, 0.25) is 0 Å². The Kier molecular flexibility index (Phi) is 3.11. The molecule has 0 saturated heterocycles. The number of benzene rings is 2. The Morgan fingerprint density at radius 2 is 1.89 bits per heavy atom. The van der Waals surface area contributed by atoms with Crippen molar-refractivity contribution in [2.75, 3.05) is 5.73 Å². The molecule has 5 heteroatoms. The summed E-state index contributed by atoms with van der Waals surface area (Å²) < 4.78 is 4.17. The molecule has 0 radical (unpaired) electrons. The van der Waals surface area contributed by atoms with Crippen LogP contribution >= 0.6 is 31.9 Å². The van der Waals surface area contributed by atoms with Gasteiger partial charge in [-0.05, 0) is 59.3 Å². The minimum absolute atomic E-state index is 0.729. The molecule has 2 N–H and O–H groups in total. The second-order valence-corrected chi connectivity index (χ2v) is 6.11. The van der Waals surface area contributed by atoms with Crippen LogP contribution in [0.3, 0.4) is 0 Å². The van der Waals surface area contributed by atoms with Crippen molar-refractivity contribution in [3.05, 3.63) is 51.2 Å². The van der Waals surface area contributed by atoms with Crippen LogP contribution in [0.2, 0.25) is 0 Å². The molecule has 3 nitrogen and oxygen atoms in total. The number of rotatable bonds is 1. The smallest absolute Gasteiger partial charge is 0.111 e. The first-order valence-corrected chi connectivity index (χ1v) is 7.35. The number of aryl methyl sites for hydroxylation is 1. The molecular weight excluding hydrogens is 370 g/mol. The summed E-state index contributed by atoms with van der Waals surface area (Å²) in [5, 5.41) is 0. The zero-order valence-corrected chi connectivity index (χ0v) is 13.4. The van der Waals surface area contributed by atoms with Gasteiger partial charge in [0.25, 0.3) is 0 Å². The van der Waals surface area contributed by atoms with Gasteiger partial charge in [-0.1, -0.05) is 15.9 Å². The first kappa shape index (κ1) is 12.7. The third-order valence-corrected chi connectivity index (χ3v) is 4.13. The van der Waals surface area contributed by atoms with Crippen molar-refractivity contribution in [2.45, 2.75) is 6.92 Å². The van der Waals surface area contributed by atoms with E-state index in [1.165, 1.54) is 0 Å². The normalized spacial score (nSPS) is 11.1. The van der Waals surface area contributed by atoms with Crippen molar-refractivity contribution in [3.8, 4) is 5.69 Å². The van der Waals surface area contributed by atoms with E-state index in [9.17, 15) is 0 Å². The summed E-state index contributed by atoms with van der Waals surface area (Å²) >= 11 is 7.07. The number of imidazole rings is 1. The van der Waals surface area contributed by atoms with Crippen LogP contribution in [0.1, 0.15) is 5.82 Å². The molecular formula is C14H11Br2N3. The van der Waals surface area contributed by atoms with E-state index in [1.807, 2.05) is 37.3 Å². The highest BCUT2D eigenvalue weighted by atomic mass is 79.9. The Hall–Kier alpha value is -1.33. The zero-order chi connectivity index (χ0) is 13.6. The van der Waals surface area contributed by atoms with E-state index < -0.39 is 0 Å². The number of nitrogens with zero attached hydrogens (tertiary/aromatic N) is 2. The van der Waals surface area contributed by atoms with E-state index in [2.05, 4.69) is 47.5 Å². The summed E-state index contributed by atoms with van der Waals surface area (Å²) in [5.74, 6) is 0.934. The van der Waals surface area contributed by atoms with Crippen molar-refractivity contribution in [1.82, 2.24) is 9.55 Å². The molecule has 19 heavy (non-hydrogen) atoms. The van der Waals surface area contributed by atoms with Crippen LogP contribution in [-0.2, 0) is 0 Å². The van der Waals surface area contributed by atoms with E-state index in [1.54, 1.807) is 0 Å². The fourth-order valence-electron chi connectivity index (χ4n) is 2.18. The average Bonchev–Trinajstić information content (AvgIpc) is 2.65. The van der Waals surface area contributed by atoms with Gasteiger partial charge in [-0.3, -0.25) is 4.57 Å². The number of aromatic nitrogens is 2. The van der Waals surface area contributed by atoms with Crippen molar-refractivity contribution >= 4 is 48.6 Å². The Balaban J connectivity index is 2.33. The fraction of sp³-hybridized carbons (Fsp3) is 0.0714. The third-order valence-electron chi connectivity index (χ3n) is 3.00. The van der Waals surface area contributed by atoms with Gasteiger partial charge in [0.15, 0.2) is 0 Å². The maximum absolute atomic E-state index is 5.81. The lowest BCUT2D eigenvalue weighted by Gasteiger charge is -2.09. The highest BCUT2D eigenvalue weighted by Gasteiger charge is 2.12. The van der Waals surface area contributed by atoms with Crippen molar-refractivity contribution < 1.29 is 0 Å². The predicted octanol–water partition coefficient (Wildman–Crippen LogP) is 4.44. The molecule has 0 saturated carbocycles. The predicted molar refractivity (Wildman–Crippen MR) is 85.6 cm³/mol. The maximum Gasteiger partial charge on any atom is 0.111 e. The number of hydrogen-bond donors (Lipinski definition) is 1. The van der Waals surface area contributed by atoms with Crippen molar-refractivity contribution in [3.63, 3.8) is 0 Å². The van der Waals surface area contributed by atoms with Gasteiger partial charge in [0.05, 0.1) is 16.7 Å². The van der Waals surface area contributed by atoms with Crippen molar-refractivity contribution in [1.29, 1.82) is 0 Å². The molecule has 0 aliphatic heterocycles. The van der Waals surface area contributed by atoms with Crippen LogP contribution in [0.4, 0.5) is 5.69 Å². The van der Waals surface area contributed by atoms with Crippen LogP contribution in [0.25, 0.3) is 16.7 Å². The molecule has 1 heterocycles. The van der Waals surface area contributed by atoms with Gasteiger partial charge in [-0.15, -0.1) is 0 Å². The lowest BCUT2D eigenvalue weighted by Crippen LogP contribution is -1.98. The van der Waals surface area contributed by atoms with Crippen LogP contribution in [-0.4, -0.2) is 9.55 Å². The van der Waals surface area contributed by atoms with Crippen LogP contribution in [0.15, 0.2) is 45.3 Å². The Morgan fingerprint density at radius 3 is 2.63 bits per heavy atom. The lowest BCUT2D eigenvalue weighted by atomic mass is 10.2. The molecule has 0 aliphatic carbocycles. The van der Waals surface area contributed by atoms with E-state index in [0.29, 0.717) is 0 Å². The van der Waals surface area contributed by atoms with Crippen LogP contribution in [0, 0.1) is 6.92 Å². The average molecular weight is 381 g/mol. The summed E-state index contributed by atoms with van der Waals surface area (Å²) in [6.07, 6.45) is 0. The van der Waals surface area contributed by atoms with Gasteiger partial charge in [0.1, 0.15) is 5.82 Å². The Morgan fingerprint density at radius 1 is 1.11 bits per heavy atom. The molecule has 0 unspecified atom stereocenters. The summed E-state index contributed by atoms with van der Waals surface area (Å²) in [7, 11) is 0. The summed E-state index contributed by atoms with van der Waals surface area (Å²) in [5.41, 5.74) is 9.56. The number of anilines is 1. The van der Waals surface area contributed by atoms with Gasteiger partial charge >= 0.3 is 0 Å². The quantitative estimate of drug-likeness (QED) is 0.634. The van der Waals surface area contributed by atoms with Crippen molar-refractivity contribution in [2.24, 2.45) is 0 Å². The van der Waals surface area contributed by atoms with E-state index >= 15 is 0 Å². The minimum atomic E-state index is 0.729. The van der Waals surface area contributed by atoms with Crippen LogP contribution in [0.5, 0.6) is 0 Å². The van der Waals surface area contributed by atoms with E-state index in [0.717, 1.165) is 37.2 Å². The molecule has 1 aromatic heterocycles. The SMILES string of the molecule is Cc1nc2cc(N)ccc2n1-c1ccc(Br)cc1Br. The second-order valence-electron chi connectivity index (χ2n) is 4.34. The molecule has 0 bridgehead atoms. The first-order valence-electron chi connectivity index (χ1n) is 5.76. The number of nitrogens with two attached hydrogens (primary N) is 1. The molecule has 96 valence electrons. The van der Waals surface area contributed by atoms with Gasteiger partial charge < -0.3 is 5.73 Å². The largest absolute Gasteiger partial charge is 0.399 e. The van der Waals surface area contributed by atoms with Gasteiger partial charge in [-0.25, -0.2) is 4.98 Å². The maximum atomic E-state index is 5.81. The third kappa shape index (κ3) is 2.17. The van der Waals surface area contributed by atoms with E-state index in [-0.39, 0.29) is 0 Å². The Labute approximate surface area is 127 Å². The summed E-state index contributed by atoms with van der Waals surface area (Å²) in [4.78, 5) is 4.56. The molecule has 3 rings (SSSR count). The number of hydrogen-bond acceptors (Lipinski definition) is 2. The molecule has 0 aliphatic rings. The summed E-state index contributed by atoms with van der Waals surface area (Å²) in [6, 6.07) is 11.9. The molecule has 0 amide bonds. The summed E-state index contributed by atoms with van der Waals surface area (Å²) in [6.45, 7) is 1.99. The second kappa shape index (κ2) is 4.65. The Bertz CT molecular complexity index is 778. The minimum Gasteiger partial charge on any atom is -0.399 e. The molecule has 0 spiro atoms. The molecule has 3 aromatic rings. The standard InChI is InChI=1S/C14H11Br2N3/c1-8-18-12-7-10(17)3-5-14(12)19(8)13-4-2-9(15)6-11(13)16/h2-7H,17H2,1H3. The fourth-order valence-corrected chi connectivity index (χ4v) is 3.41. The first-order chi connectivity index (χ1) is 9.06. The molecule has 0 atom stereocenters. The van der Waals surface area contributed by atoms with Crippen LogP contribution < -0.4 is 5.73 Å². The number of fused-ring (bicyclic) bond motifs is 1. The molecule has 2 aromatic carbocycles. The van der Waals surface area contributed by atoms with E-state index in [4.69, 9.17) is 5.73 Å². The highest BCUT2D eigenvalue weighted by Crippen LogP contribution is 2.29. The zero-order valence-electron chi connectivity index (χ0n) is 10.2. The monoisotopic (exact) mass is 379 g/mol. The topological polar surface area (TPSA) is 43.8 Å². The van der Waals surface area contributed by atoms with Gasteiger partial charge in [0, 0.05) is 14.6 Å². The van der Waals surface area contributed by atoms with Gasteiger partial charge in [-0.2, -0.15) is 0 Å². The molecule has 0 fully saturated rings.